The molecule has 0 bridgehead atoms. The van der Waals surface area contributed by atoms with Gasteiger partial charge in [0.25, 0.3) is 0 Å². The first kappa shape index (κ1) is 15.9. The maximum atomic E-state index is 13.6. The van der Waals surface area contributed by atoms with Gasteiger partial charge in [-0.2, -0.15) is 0 Å². The predicted molar refractivity (Wildman–Crippen MR) is 93.9 cm³/mol. The second-order valence-corrected chi connectivity index (χ2v) is 6.88. The Balaban J connectivity index is 1.86. The van der Waals surface area contributed by atoms with Crippen LogP contribution in [-0.2, 0) is 4.79 Å². The summed E-state index contributed by atoms with van der Waals surface area (Å²) in [6.45, 7) is 0. The summed E-state index contributed by atoms with van der Waals surface area (Å²) in [6, 6.07) is 11.5. The fraction of sp³-hybridized carbons (Fsp3) is 0.235. The van der Waals surface area contributed by atoms with E-state index in [9.17, 15) is 9.18 Å². The summed E-state index contributed by atoms with van der Waals surface area (Å²) in [7, 11) is 0. The normalized spacial score (nSPS) is 19.2. The Morgan fingerprint density at radius 3 is 2.68 bits per heavy atom. The Morgan fingerprint density at radius 1 is 1.28 bits per heavy atom. The van der Waals surface area contributed by atoms with E-state index in [1.54, 1.807) is 4.57 Å². The summed E-state index contributed by atoms with van der Waals surface area (Å²) in [4.78, 5) is 10.9. The summed E-state index contributed by atoms with van der Waals surface area (Å²) in [5.74, 6) is -0.959. The van der Waals surface area contributed by atoms with Crippen molar-refractivity contribution in [2.75, 3.05) is 11.5 Å². The number of hydrogen-bond donors (Lipinski definition) is 2. The highest BCUT2D eigenvalue weighted by Gasteiger charge is 2.39. The molecule has 1 fully saturated rings. The third kappa shape index (κ3) is 2.82. The third-order valence-corrected chi connectivity index (χ3v) is 5.18. The summed E-state index contributed by atoms with van der Waals surface area (Å²) < 4.78 is 15.2. The zero-order chi connectivity index (χ0) is 17.6. The monoisotopic (exact) mass is 358 g/mol. The maximum Gasteiger partial charge on any atom is 0.313 e. The second kappa shape index (κ2) is 6.03. The molecule has 2 aromatic carbocycles. The van der Waals surface area contributed by atoms with Crippen LogP contribution in [0.25, 0.3) is 16.5 Å². The number of nitrogen functional groups attached to an aromatic ring is 1. The van der Waals surface area contributed by atoms with Crippen LogP contribution in [0.15, 0.2) is 41.6 Å². The molecule has 128 valence electrons. The molecule has 0 amide bonds. The molecule has 1 heterocycles. The fourth-order valence-electron chi connectivity index (χ4n) is 3.04. The minimum atomic E-state index is -0.943. The molecule has 0 radical (unpaired) electrons. The van der Waals surface area contributed by atoms with Gasteiger partial charge in [0, 0.05) is 11.3 Å². The van der Waals surface area contributed by atoms with Crippen LogP contribution in [0, 0.1) is 0 Å². The minimum absolute atomic E-state index is 0.0573. The lowest BCUT2D eigenvalue weighted by atomic mass is 9.99. The van der Waals surface area contributed by atoms with Crippen LogP contribution < -0.4 is 5.73 Å². The first-order valence-electron chi connectivity index (χ1n) is 7.78. The van der Waals surface area contributed by atoms with Crippen LogP contribution >= 0.6 is 11.8 Å². The Labute approximate surface area is 146 Å². The lowest BCUT2D eigenvalue weighted by Gasteiger charge is -2.13. The standard InChI is InChI=1S/C17H15FN4O2S/c18-13-7-12(13)10-5-6-14(11-4-2-1-3-9(10)11)22-16(19)20-21-17(22)25-8-15(23)24/h1-6,12-13H,7-8H2,(H2,19,20)(H,23,24). The molecule has 0 saturated heterocycles. The van der Waals surface area contributed by atoms with Gasteiger partial charge in [0.05, 0.1) is 11.4 Å². The van der Waals surface area contributed by atoms with E-state index in [1.165, 1.54) is 0 Å². The van der Waals surface area contributed by atoms with Crippen molar-refractivity contribution in [2.24, 2.45) is 0 Å². The van der Waals surface area contributed by atoms with Crippen LogP contribution in [0.4, 0.5) is 10.3 Å². The van der Waals surface area contributed by atoms with Crippen LogP contribution in [0.1, 0.15) is 17.9 Å². The number of carboxylic acids is 1. The number of carboxylic acid groups (broad SMARTS) is 1. The number of alkyl halides is 1. The van der Waals surface area contributed by atoms with Crippen LogP contribution in [0.5, 0.6) is 0 Å². The lowest BCUT2D eigenvalue weighted by molar-refractivity contribution is -0.133. The number of rotatable bonds is 5. The molecule has 1 aliphatic rings. The zero-order valence-electron chi connectivity index (χ0n) is 13.1. The highest BCUT2D eigenvalue weighted by molar-refractivity contribution is 7.99. The van der Waals surface area contributed by atoms with Crippen molar-refractivity contribution in [1.82, 2.24) is 14.8 Å². The van der Waals surface area contributed by atoms with Crippen molar-refractivity contribution in [2.45, 2.75) is 23.7 Å². The van der Waals surface area contributed by atoms with Gasteiger partial charge in [-0.15, -0.1) is 10.2 Å². The van der Waals surface area contributed by atoms with Gasteiger partial charge in [-0.25, -0.2) is 4.39 Å². The summed E-state index contributed by atoms with van der Waals surface area (Å²) in [6.07, 6.45) is -0.228. The average Bonchev–Trinajstić information content (AvgIpc) is 3.21. The molecule has 6 nitrogen and oxygen atoms in total. The van der Waals surface area contributed by atoms with E-state index in [0.717, 1.165) is 33.8 Å². The first-order chi connectivity index (χ1) is 12.1. The molecule has 25 heavy (non-hydrogen) atoms. The summed E-state index contributed by atoms with van der Waals surface area (Å²) in [5, 5.41) is 19.0. The van der Waals surface area contributed by atoms with E-state index < -0.39 is 12.1 Å². The van der Waals surface area contributed by atoms with Gasteiger partial charge in [0.15, 0.2) is 5.16 Å². The number of hydrogen-bond acceptors (Lipinski definition) is 5. The Bertz CT molecular complexity index is 974. The van der Waals surface area contributed by atoms with Crippen LogP contribution in [-0.4, -0.2) is 37.8 Å². The number of nitrogens with zero attached hydrogens (tertiary/aromatic N) is 3. The number of halogens is 1. The zero-order valence-corrected chi connectivity index (χ0v) is 13.9. The van der Waals surface area contributed by atoms with Crippen molar-refractivity contribution in [1.29, 1.82) is 0 Å². The van der Waals surface area contributed by atoms with E-state index in [0.29, 0.717) is 11.6 Å². The first-order valence-corrected chi connectivity index (χ1v) is 8.76. The van der Waals surface area contributed by atoms with E-state index in [1.807, 2.05) is 36.4 Å². The second-order valence-electron chi connectivity index (χ2n) is 5.94. The molecule has 1 aliphatic carbocycles. The number of aliphatic carboxylic acids is 1. The summed E-state index contributed by atoms with van der Waals surface area (Å²) >= 11 is 1.05. The Hall–Kier alpha value is -2.61. The number of thioether (sulfide) groups is 1. The summed E-state index contributed by atoms with van der Waals surface area (Å²) in [5.41, 5.74) is 7.71. The maximum absolute atomic E-state index is 13.6. The quantitative estimate of drug-likeness (QED) is 0.681. The average molecular weight is 358 g/mol. The molecule has 8 heteroatoms. The number of carbonyl (C=O) groups is 1. The van der Waals surface area contributed by atoms with E-state index in [4.69, 9.17) is 10.8 Å². The molecule has 1 saturated carbocycles. The Kier molecular flexibility index (Phi) is 3.84. The minimum Gasteiger partial charge on any atom is -0.481 e. The van der Waals surface area contributed by atoms with Gasteiger partial charge in [0.1, 0.15) is 6.17 Å². The number of aromatic nitrogens is 3. The molecule has 3 N–H and O–H groups in total. The van der Waals surface area contributed by atoms with Gasteiger partial charge < -0.3 is 10.8 Å². The van der Waals surface area contributed by atoms with E-state index in [-0.39, 0.29) is 17.6 Å². The molecule has 2 atom stereocenters. The smallest absolute Gasteiger partial charge is 0.313 e. The molecule has 4 rings (SSSR count). The predicted octanol–water partition coefficient (Wildman–Crippen LogP) is 3.00. The van der Waals surface area contributed by atoms with Crippen LogP contribution in [0.2, 0.25) is 0 Å². The van der Waals surface area contributed by atoms with E-state index >= 15 is 0 Å². The van der Waals surface area contributed by atoms with Crippen molar-refractivity contribution in [3.05, 3.63) is 42.0 Å². The lowest BCUT2D eigenvalue weighted by Crippen LogP contribution is -2.05. The van der Waals surface area contributed by atoms with Crippen LogP contribution in [0.3, 0.4) is 0 Å². The van der Waals surface area contributed by atoms with Gasteiger partial charge in [-0.1, -0.05) is 42.1 Å². The number of nitrogens with two attached hydrogens (primary N) is 1. The highest BCUT2D eigenvalue weighted by atomic mass is 32.2. The highest BCUT2D eigenvalue weighted by Crippen LogP contribution is 2.46. The van der Waals surface area contributed by atoms with E-state index in [2.05, 4.69) is 10.2 Å². The molecule has 2 unspecified atom stereocenters. The number of fused-ring (bicyclic) bond motifs is 1. The molecule has 0 spiro atoms. The van der Waals surface area contributed by atoms with Crippen molar-refractivity contribution in [3.8, 4) is 5.69 Å². The number of anilines is 1. The fourth-order valence-corrected chi connectivity index (χ4v) is 3.71. The SMILES string of the molecule is Nc1nnc(SCC(=O)O)n1-c1ccc(C2CC2F)c2ccccc12. The van der Waals surface area contributed by atoms with Gasteiger partial charge in [-0.3, -0.25) is 9.36 Å². The molecule has 0 aliphatic heterocycles. The topological polar surface area (TPSA) is 94.0 Å². The third-order valence-electron chi connectivity index (χ3n) is 4.27. The van der Waals surface area contributed by atoms with Gasteiger partial charge >= 0.3 is 5.97 Å². The molecule has 1 aromatic heterocycles. The van der Waals surface area contributed by atoms with Gasteiger partial charge in [0.2, 0.25) is 5.95 Å². The molecular formula is C17H15FN4O2S. The van der Waals surface area contributed by atoms with Gasteiger partial charge in [-0.05, 0) is 23.4 Å². The van der Waals surface area contributed by atoms with Crippen molar-refractivity contribution < 1.29 is 14.3 Å². The largest absolute Gasteiger partial charge is 0.481 e. The number of benzene rings is 2. The Morgan fingerprint density at radius 2 is 2.00 bits per heavy atom. The molecular weight excluding hydrogens is 343 g/mol. The molecule has 3 aromatic rings. The van der Waals surface area contributed by atoms with Crippen molar-refractivity contribution in [3.63, 3.8) is 0 Å². The van der Waals surface area contributed by atoms with Crippen molar-refractivity contribution >= 4 is 34.5 Å².